The van der Waals surface area contributed by atoms with Gasteiger partial charge in [-0.25, -0.2) is 8.78 Å². The molecular formula is C15H20F2N4O2. The largest absolute Gasteiger partial charge is 0.351 e. The van der Waals surface area contributed by atoms with E-state index >= 15 is 0 Å². The minimum Gasteiger partial charge on any atom is -0.351 e. The van der Waals surface area contributed by atoms with Crippen molar-refractivity contribution in [3.05, 3.63) is 18.0 Å². The molecule has 0 spiro atoms. The van der Waals surface area contributed by atoms with Crippen molar-refractivity contribution in [3.8, 4) is 0 Å². The molecule has 0 unspecified atom stereocenters. The van der Waals surface area contributed by atoms with Crippen LogP contribution < -0.4 is 5.32 Å². The van der Waals surface area contributed by atoms with Gasteiger partial charge in [0, 0.05) is 31.0 Å². The zero-order chi connectivity index (χ0) is 16.8. The Bertz CT molecular complexity index is 621. The van der Waals surface area contributed by atoms with Crippen LogP contribution in [0, 0.1) is 5.92 Å². The van der Waals surface area contributed by atoms with Crippen molar-refractivity contribution in [1.82, 2.24) is 20.0 Å². The van der Waals surface area contributed by atoms with Crippen LogP contribution in [0.5, 0.6) is 0 Å². The van der Waals surface area contributed by atoms with E-state index in [1.54, 1.807) is 35.7 Å². The number of rotatable bonds is 3. The molecule has 2 amide bonds. The summed E-state index contributed by atoms with van der Waals surface area (Å²) in [6.45, 7) is 4.22. The van der Waals surface area contributed by atoms with E-state index in [9.17, 15) is 18.4 Å². The highest BCUT2D eigenvalue weighted by molar-refractivity contribution is 5.83. The summed E-state index contributed by atoms with van der Waals surface area (Å²) in [7, 11) is 0. The third-order valence-corrected chi connectivity index (χ3v) is 4.34. The molecule has 1 aromatic rings. The summed E-state index contributed by atoms with van der Waals surface area (Å²) in [6.07, 6.45) is 0.925. The van der Waals surface area contributed by atoms with Crippen LogP contribution in [0.1, 0.15) is 38.4 Å². The Morgan fingerprint density at radius 2 is 2.09 bits per heavy atom. The highest BCUT2D eigenvalue weighted by Gasteiger charge is 2.47. The lowest BCUT2D eigenvalue weighted by molar-refractivity contribution is -0.139. The summed E-state index contributed by atoms with van der Waals surface area (Å²) in [5, 5.41) is 6.79. The lowest BCUT2D eigenvalue weighted by atomic mass is 9.88. The molecule has 1 N–H and O–H groups in total. The van der Waals surface area contributed by atoms with Gasteiger partial charge in [-0.1, -0.05) is 13.8 Å². The van der Waals surface area contributed by atoms with Gasteiger partial charge in [0.2, 0.25) is 11.8 Å². The Hall–Kier alpha value is -1.99. The first kappa shape index (κ1) is 15.9. The number of hydrogen-bond acceptors (Lipinski definition) is 3. The van der Waals surface area contributed by atoms with E-state index in [-0.39, 0.29) is 37.1 Å². The van der Waals surface area contributed by atoms with E-state index in [1.165, 1.54) is 0 Å². The van der Waals surface area contributed by atoms with Crippen molar-refractivity contribution in [2.45, 2.75) is 51.2 Å². The van der Waals surface area contributed by atoms with Crippen molar-refractivity contribution in [1.29, 1.82) is 0 Å². The predicted octanol–water partition coefficient (Wildman–Crippen LogP) is 1.34. The Labute approximate surface area is 132 Å². The highest BCUT2D eigenvalue weighted by atomic mass is 19.3. The van der Waals surface area contributed by atoms with Crippen molar-refractivity contribution in [3.63, 3.8) is 0 Å². The molecule has 1 fully saturated rings. The summed E-state index contributed by atoms with van der Waals surface area (Å²) in [4.78, 5) is 26.3. The summed E-state index contributed by atoms with van der Waals surface area (Å²) < 4.78 is 27.4. The van der Waals surface area contributed by atoms with Crippen LogP contribution >= 0.6 is 0 Å². The number of aromatic nitrogens is 2. The molecule has 126 valence electrons. The van der Waals surface area contributed by atoms with Gasteiger partial charge in [-0.05, 0) is 6.07 Å². The van der Waals surface area contributed by atoms with Crippen LogP contribution in [0.25, 0.3) is 0 Å². The molecule has 1 saturated carbocycles. The molecule has 6 nitrogen and oxygen atoms in total. The number of amides is 2. The van der Waals surface area contributed by atoms with Gasteiger partial charge in [-0.2, -0.15) is 5.10 Å². The smallest absolute Gasteiger partial charge is 0.252 e. The molecule has 0 bridgehead atoms. The molecule has 2 aliphatic rings. The standard InChI is InChI=1S/C15H20F2N4O2/c1-9(2)14(23)20-7-11-3-4-18-21(11)12(8-20)13(22)19-10-5-15(16,17)6-10/h3-4,9-10,12H,5-8H2,1-2H3,(H,19,22)/t12-/m0/s1. The average molecular weight is 326 g/mol. The maximum atomic E-state index is 12.9. The van der Waals surface area contributed by atoms with Crippen molar-refractivity contribution < 1.29 is 18.4 Å². The SMILES string of the molecule is CC(C)C(=O)N1Cc2ccnn2[C@H](C(=O)NC2CC(F)(F)C2)C1. The van der Waals surface area contributed by atoms with E-state index in [0.717, 1.165) is 5.69 Å². The van der Waals surface area contributed by atoms with Gasteiger partial charge >= 0.3 is 0 Å². The van der Waals surface area contributed by atoms with E-state index in [2.05, 4.69) is 10.4 Å². The number of alkyl halides is 2. The summed E-state index contributed by atoms with van der Waals surface area (Å²) in [5.74, 6) is -3.25. The first-order valence-electron chi connectivity index (χ1n) is 7.76. The number of fused-ring (bicyclic) bond motifs is 1. The molecule has 0 saturated heterocycles. The molecular weight excluding hydrogens is 306 g/mol. The topological polar surface area (TPSA) is 67.2 Å². The molecule has 3 rings (SSSR count). The fourth-order valence-corrected chi connectivity index (χ4v) is 3.08. The van der Waals surface area contributed by atoms with Crippen molar-refractivity contribution in [2.24, 2.45) is 5.92 Å². The summed E-state index contributed by atoms with van der Waals surface area (Å²) >= 11 is 0. The zero-order valence-electron chi connectivity index (χ0n) is 13.1. The van der Waals surface area contributed by atoms with E-state index in [0.29, 0.717) is 6.54 Å². The number of carbonyl (C=O) groups excluding carboxylic acids is 2. The molecule has 0 radical (unpaired) electrons. The van der Waals surface area contributed by atoms with Crippen LogP contribution in [0.2, 0.25) is 0 Å². The molecule has 1 aliphatic heterocycles. The second-order valence-electron chi connectivity index (χ2n) is 6.63. The Kier molecular flexibility index (Phi) is 3.85. The second-order valence-corrected chi connectivity index (χ2v) is 6.63. The molecule has 1 aromatic heterocycles. The van der Waals surface area contributed by atoms with Gasteiger partial charge in [0.1, 0.15) is 6.04 Å². The number of halogens is 2. The van der Waals surface area contributed by atoms with Crippen LogP contribution in [0.4, 0.5) is 8.78 Å². The van der Waals surface area contributed by atoms with Gasteiger partial charge in [-0.3, -0.25) is 14.3 Å². The molecule has 0 aromatic carbocycles. The number of carbonyl (C=O) groups is 2. The van der Waals surface area contributed by atoms with Crippen LogP contribution in [-0.4, -0.2) is 45.0 Å². The lowest BCUT2D eigenvalue weighted by Gasteiger charge is -2.38. The zero-order valence-corrected chi connectivity index (χ0v) is 13.1. The normalized spacial score (nSPS) is 23.3. The minimum absolute atomic E-state index is 0.0366. The Morgan fingerprint density at radius 1 is 1.39 bits per heavy atom. The van der Waals surface area contributed by atoms with Crippen molar-refractivity contribution in [2.75, 3.05) is 6.54 Å². The van der Waals surface area contributed by atoms with Gasteiger partial charge in [0.15, 0.2) is 0 Å². The van der Waals surface area contributed by atoms with Crippen LogP contribution in [-0.2, 0) is 16.1 Å². The van der Waals surface area contributed by atoms with E-state index < -0.39 is 18.0 Å². The van der Waals surface area contributed by atoms with Gasteiger partial charge < -0.3 is 10.2 Å². The molecule has 23 heavy (non-hydrogen) atoms. The first-order valence-corrected chi connectivity index (χ1v) is 7.76. The van der Waals surface area contributed by atoms with E-state index in [1.807, 2.05) is 0 Å². The number of nitrogens with zero attached hydrogens (tertiary/aromatic N) is 3. The quantitative estimate of drug-likeness (QED) is 0.911. The molecule has 8 heteroatoms. The average Bonchev–Trinajstić information content (AvgIpc) is 2.91. The first-order chi connectivity index (χ1) is 10.8. The van der Waals surface area contributed by atoms with Gasteiger partial charge in [0.25, 0.3) is 5.92 Å². The van der Waals surface area contributed by atoms with Gasteiger partial charge in [0.05, 0.1) is 18.8 Å². The number of nitrogens with one attached hydrogen (secondary N) is 1. The van der Waals surface area contributed by atoms with E-state index in [4.69, 9.17) is 0 Å². The molecule has 1 aliphatic carbocycles. The summed E-state index contributed by atoms with van der Waals surface area (Å²) in [5.41, 5.74) is 0.768. The maximum absolute atomic E-state index is 12.9. The second kappa shape index (κ2) is 5.58. The third-order valence-electron chi connectivity index (χ3n) is 4.34. The molecule has 1 atom stereocenters. The third kappa shape index (κ3) is 3.07. The highest BCUT2D eigenvalue weighted by Crippen LogP contribution is 2.37. The number of hydrogen-bond donors (Lipinski definition) is 1. The van der Waals surface area contributed by atoms with Crippen LogP contribution in [0.3, 0.4) is 0 Å². The fraction of sp³-hybridized carbons (Fsp3) is 0.667. The predicted molar refractivity (Wildman–Crippen MR) is 77.6 cm³/mol. The maximum Gasteiger partial charge on any atom is 0.252 e. The van der Waals surface area contributed by atoms with Crippen LogP contribution in [0.15, 0.2) is 12.3 Å². The monoisotopic (exact) mass is 326 g/mol. The Morgan fingerprint density at radius 3 is 2.70 bits per heavy atom. The van der Waals surface area contributed by atoms with Crippen molar-refractivity contribution >= 4 is 11.8 Å². The van der Waals surface area contributed by atoms with Gasteiger partial charge in [-0.15, -0.1) is 0 Å². The Balaban J connectivity index is 1.73. The minimum atomic E-state index is -2.68. The fourth-order valence-electron chi connectivity index (χ4n) is 3.08. The lowest BCUT2D eigenvalue weighted by Crippen LogP contribution is -2.54. The summed E-state index contributed by atoms with van der Waals surface area (Å²) in [6, 6.07) is 0.579. The molecule has 2 heterocycles.